The van der Waals surface area contributed by atoms with Gasteiger partial charge in [-0.3, -0.25) is 0 Å². The van der Waals surface area contributed by atoms with Crippen LogP contribution in [0.15, 0.2) is 12.3 Å². The maximum atomic E-state index is 4.51. The molecule has 0 amide bonds. The van der Waals surface area contributed by atoms with Crippen LogP contribution in [0.1, 0.15) is 0 Å². The molecule has 56 valence electrons. The first-order valence-electron chi connectivity index (χ1n) is 2.70. The molecule has 2 nitrogen and oxygen atoms in total. The van der Waals surface area contributed by atoms with Gasteiger partial charge in [-0.2, -0.15) is 0 Å². The number of quaternary nitrogens is 1. The molecule has 0 aromatic heterocycles. The standard InChI is InChI=1S/C3H9N.C3H4O.ClH/c1-4(2)3;1-3-2-4-3;/h1-3H3;1-2H2;1H. The van der Waals surface area contributed by atoms with Crippen LogP contribution in [0, 0.1) is 0 Å². The molecule has 0 aromatic rings. The lowest BCUT2D eigenvalue weighted by atomic mass is 10.8. The second-order valence-corrected chi connectivity index (χ2v) is 2.33. The van der Waals surface area contributed by atoms with Crippen molar-refractivity contribution in [2.45, 2.75) is 0 Å². The lowest BCUT2D eigenvalue weighted by Crippen LogP contribution is -3.02. The highest BCUT2D eigenvalue weighted by molar-refractivity contribution is 4.94. The van der Waals surface area contributed by atoms with Crippen LogP contribution in [-0.4, -0.2) is 27.7 Å². The van der Waals surface area contributed by atoms with Crippen molar-refractivity contribution in [3.8, 4) is 0 Å². The molecule has 0 aromatic carbocycles. The molecule has 0 saturated carbocycles. The highest BCUT2D eigenvalue weighted by Gasteiger charge is 2.05. The summed E-state index contributed by atoms with van der Waals surface area (Å²) in [6.07, 6.45) is 0. The predicted octanol–water partition coefficient (Wildman–Crippen LogP) is -3.70. The number of nitrogens with one attached hydrogen (secondary N) is 1. The Morgan fingerprint density at radius 3 is 1.56 bits per heavy atom. The summed E-state index contributed by atoms with van der Waals surface area (Å²) in [6, 6.07) is 0. The quantitative estimate of drug-likeness (QED) is 0.353. The molecule has 1 aliphatic rings. The van der Waals surface area contributed by atoms with Crippen LogP contribution in [0.3, 0.4) is 0 Å². The molecule has 9 heavy (non-hydrogen) atoms. The van der Waals surface area contributed by atoms with Crippen molar-refractivity contribution in [2.24, 2.45) is 0 Å². The van der Waals surface area contributed by atoms with Gasteiger partial charge in [0.15, 0.2) is 0 Å². The van der Waals surface area contributed by atoms with Gasteiger partial charge in [-0.05, 0) is 0 Å². The average molecular weight is 152 g/mol. The zero-order valence-corrected chi connectivity index (χ0v) is 6.96. The lowest BCUT2D eigenvalue weighted by molar-refractivity contribution is -0.836. The van der Waals surface area contributed by atoms with E-state index in [4.69, 9.17) is 0 Å². The molecular formula is C6H14ClNO. The normalized spacial score (nSPS) is 12.7. The number of epoxide rings is 1. The molecule has 0 aliphatic carbocycles. The van der Waals surface area contributed by atoms with Gasteiger partial charge in [0.25, 0.3) is 0 Å². The summed E-state index contributed by atoms with van der Waals surface area (Å²) in [5, 5.41) is 0. The first kappa shape index (κ1) is 11.6. The third-order valence-electron chi connectivity index (χ3n) is 0.348. The largest absolute Gasteiger partial charge is 1.00 e. The summed E-state index contributed by atoms with van der Waals surface area (Å²) < 4.78 is 4.51. The fourth-order valence-electron chi connectivity index (χ4n) is 0.0510. The Morgan fingerprint density at radius 2 is 1.56 bits per heavy atom. The zero-order chi connectivity index (χ0) is 6.57. The van der Waals surface area contributed by atoms with Crippen molar-refractivity contribution in [1.29, 1.82) is 0 Å². The van der Waals surface area contributed by atoms with E-state index in [2.05, 4.69) is 32.5 Å². The minimum absolute atomic E-state index is 0. The van der Waals surface area contributed by atoms with Crippen molar-refractivity contribution >= 4 is 0 Å². The Bertz CT molecular complexity index is 74.4. The highest BCUT2D eigenvalue weighted by Crippen LogP contribution is 2.07. The topological polar surface area (TPSA) is 17.0 Å². The van der Waals surface area contributed by atoms with Crippen LogP contribution in [0.2, 0.25) is 0 Å². The number of ether oxygens (including phenoxy) is 1. The van der Waals surface area contributed by atoms with E-state index in [0.717, 1.165) is 12.4 Å². The van der Waals surface area contributed by atoms with Crippen molar-refractivity contribution in [1.82, 2.24) is 0 Å². The summed E-state index contributed by atoms with van der Waals surface area (Å²) in [5.41, 5.74) is 0. The summed E-state index contributed by atoms with van der Waals surface area (Å²) >= 11 is 0. The van der Waals surface area contributed by atoms with Gasteiger partial charge in [0.1, 0.15) is 12.4 Å². The maximum absolute atomic E-state index is 4.51. The third kappa shape index (κ3) is 33.5. The smallest absolute Gasteiger partial charge is 0.144 e. The van der Waals surface area contributed by atoms with Gasteiger partial charge in [0.05, 0.1) is 21.1 Å². The van der Waals surface area contributed by atoms with Gasteiger partial charge < -0.3 is 22.0 Å². The molecule has 0 spiro atoms. The number of rotatable bonds is 0. The van der Waals surface area contributed by atoms with Crippen LogP contribution in [0.4, 0.5) is 0 Å². The van der Waals surface area contributed by atoms with E-state index in [0.29, 0.717) is 0 Å². The van der Waals surface area contributed by atoms with E-state index in [1.165, 1.54) is 4.90 Å². The minimum Gasteiger partial charge on any atom is -1.00 e. The van der Waals surface area contributed by atoms with Gasteiger partial charge in [0.2, 0.25) is 0 Å². The summed E-state index contributed by atoms with van der Waals surface area (Å²) in [6.45, 7) is 4.24. The molecule has 0 unspecified atom stereocenters. The Kier molecular flexibility index (Phi) is 7.61. The first-order chi connectivity index (χ1) is 3.63. The van der Waals surface area contributed by atoms with Crippen LogP contribution < -0.4 is 17.3 Å². The molecule has 1 aliphatic heterocycles. The van der Waals surface area contributed by atoms with Gasteiger partial charge >= 0.3 is 0 Å². The van der Waals surface area contributed by atoms with E-state index in [1.54, 1.807) is 0 Å². The van der Waals surface area contributed by atoms with E-state index in [1.807, 2.05) is 0 Å². The fraction of sp³-hybridized carbons (Fsp3) is 0.667. The predicted molar refractivity (Wildman–Crippen MR) is 33.8 cm³/mol. The monoisotopic (exact) mass is 151 g/mol. The second kappa shape index (κ2) is 5.92. The van der Waals surface area contributed by atoms with E-state index >= 15 is 0 Å². The van der Waals surface area contributed by atoms with Crippen molar-refractivity contribution in [3.05, 3.63) is 12.3 Å². The van der Waals surface area contributed by atoms with Crippen LogP contribution >= 0.6 is 0 Å². The van der Waals surface area contributed by atoms with E-state index in [9.17, 15) is 0 Å². The van der Waals surface area contributed by atoms with Gasteiger partial charge in [-0.25, -0.2) is 0 Å². The van der Waals surface area contributed by atoms with Crippen molar-refractivity contribution < 1.29 is 22.0 Å². The second-order valence-electron chi connectivity index (χ2n) is 2.33. The molecule has 1 N–H and O–H groups in total. The summed E-state index contributed by atoms with van der Waals surface area (Å²) in [7, 11) is 6.25. The highest BCUT2D eigenvalue weighted by atomic mass is 35.5. The minimum atomic E-state index is 0. The fourth-order valence-corrected chi connectivity index (χ4v) is 0.0510. The number of halogens is 1. The van der Waals surface area contributed by atoms with Crippen molar-refractivity contribution in [3.63, 3.8) is 0 Å². The van der Waals surface area contributed by atoms with Gasteiger partial charge in [-0.15, -0.1) is 0 Å². The molecule has 1 fully saturated rings. The Labute approximate surface area is 62.9 Å². The number of hydrogen-bond acceptors (Lipinski definition) is 1. The van der Waals surface area contributed by atoms with Gasteiger partial charge in [0, 0.05) is 0 Å². The first-order valence-corrected chi connectivity index (χ1v) is 2.70. The third-order valence-corrected chi connectivity index (χ3v) is 0.348. The SMILES string of the molecule is C=C1CO1.C[NH+](C)C.[Cl-]. The van der Waals surface area contributed by atoms with E-state index < -0.39 is 0 Å². The summed E-state index contributed by atoms with van der Waals surface area (Å²) in [5.74, 6) is 0.917. The van der Waals surface area contributed by atoms with E-state index in [-0.39, 0.29) is 12.4 Å². The lowest BCUT2D eigenvalue weighted by Gasteiger charge is -1.88. The Morgan fingerprint density at radius 1 is 1.44 bits per heavy atom. The summed E-state index contributed by atoms with van der Waals surface area (Å²) in [4.78, 5) is 1.42. The zero-order valence-electron chi connectivity index (χ0n) is 6.20. The molecule has 1 rings (SSSR count). The molecule has 0 bridgehead atoms. The average Bonchev–Trinajstić information content (AvgIpc) is 2.19. The number of hydrogen-bond donors (Lipinski definition) is 1. The molecule has 0 atom stereocenters. The van der Waals surface area contributed by atoms with Crippen LogP contribution in [-0.2, 0) is 4.74 Å². The molecule has 0 radical (unpaired) electrons. The molecular weight excluding hydrogens is 138 g/mol. The van der Waals surface area contributed by atoms with Crippen LogP contribution in [0.25, 0.3) is 0 Å². The maximum Gasteiger partial charge on any atom is 0.144 e. The molecule has 1 heterocycles. The molecule has 3 heteroatoms. The molecule has 1 saturated heterocycles. The van der Waals surface area contributed by atoms with Gasteiger partial charge in [-0.1, -0.05) is 6.58 Å². The Hall–Kier alpha value is -0.210. The van der Waals surface area contributed by atoms with Crippen molar-refractivity contribution in [2.75, 3.05) is 27.7 Å². The van der Waals surface area contributed by atoms with Crippen LogP contribution in [0.5, 0.6) is 0 Å². The Balaban J connectivity index is 0.